The second-order valence-electron chi connectivity index (χ2n) is 3.80. The molecule has 0 aliphatic rings. The standard InChI is InChI=1S/C14H15O2/c1-10-7-13(8-11(2)16-10)12-5-4-6-14(9-12)15-3/h4-9H,1-3H3/q+1. The smallest absolute Gasteiger partial charge is 0.327 e. The van der Waals surface area contributed by atoms with E-state index < -0.39 is 0 Å². The van der Waals surface area contributed by atoms with Crippen LogP contribution in [0.3, 0.4) is 0 Å². The lowest BCUT2D eigenvalue weighted by Crippen LogP contribution is -1.85. The molecule has 0 aliphatic heterocycles. The summed E-state index contributed by atoms with van der Waals surface area (Å²) in [5.74, 6) is 2.70. The van der Waals surface area contributed by atoms with Crippen molar-refractivity contribution in [2.24, 2.45) is 0 Å². The molecule has 2 nitrogen and oxygen atoms in total. The van der Waals surface area contributed by atoms with Crippen LogP contribution < -0.4 is 4.74 Å². The molecule has 0 saturated carbocycles. The highest BCUT2D eigenvalue weighted by molar-refractivity contribution is 5.65. The molecule has 16 heavy (non-hydrogen) atoms. The Morgan fingerprint density at radius 1 is 0.938 bits per heavy atom. The SMILES string of the molecule is COc1cccc(-c2cc(C)[o+]c(C)c2)c1. The fourth-order valence-electron chi connectivity index (χ4n) is 1.76. The van der Waals surface area contributed by atoms with E-state index in [1.807, 2.05) is 44.2 Å². The van der Waals surface area contributed by atoms with Gasteiger partial charge in [0.15, 0.2) is 0 Å². The van der Waals surface area contributed by atoms with Crippen molar-refractivity contribution in [3.05, 3.63) is 47.9 Å². The summed E-state index contributed by atoms with van der Waals surface area (Å²) in [6.07, 6.45) is 0. The molecule has 0 saturated heterocycles. The van der Waals surface area contributed by atoms with Gasteiger partial charge in [0.25, 0.3) is 0 Å². The summed E-state index contributed by atoms with van der Waals surface area (Å²) < 4.78 is 10.7. The lowest BCUT2D eigenvalue weighted by Gasteiger charge is -2.03. The normalized spacial score (nSPS) is 10.2. The Balaban J connectivity index is 2.49. The third-order valence-corrected chi connectivity index (χ3v) is 2.44. The lowest BCUT2D eigenvalue weighted by molar-refractivity contribution is 0.415. The Morgan fingerprint density at radius 2 is 1.62 bits per heavy atom. The van der Waals surface area contributed by atoms with E-state index in [2.05, 4.69) is 6.07 Å². The first-order valence-corrected chi connectivity index (χ1v) is 5.25. The van der Waals surface area contributed by atoms with Gasteiger partial charge in [0, 0.05) is 12.1 Å². The van der Waals surface area contributed by atoms with E-state index >= 15 is 0 Å². The van der Waals surface area contributed by atoms with Gasteiger partial charge in [0.1, 0.15) is 5.75 Å². The Kier molecular flexibility index (Phi) is 2.91. The summed E-state index contributed by atoms with van der Waals surface area (Å²) in [7, 11) is 1.68. The zero-order valence-corrected chi connectivity index (χ0v) is 9.78. The largest absolute Gasteiger partial charge is 0.497 e. The molecule has 82 valence electrons. The molecular weight excluding hydrogens is 200 g/mol. The molecule has 0 radical (unpaired) electrons. The number of benzene rings is 1. The highest BCUT2D eigenvalue weighted by atomic mass is 16.5. The van der Waals surface area contributed by atoms with Crippen molar-refractivity contribution in [2.45, 2.75) is 13.8 Å². The van der Waals surface area contributed by atoms with Crippen molar-refractivity contribution in [3.63, 3.8) is 0 Å². The number of hydrogen-bond acceptors (Lipinski definition) is 1. The highest BCUT2D eigenvalue weighted by Crippen LogP contribution is 2.25. The summed E-state index contributed by atoms with van der Waals surface area (Å²) in [5, 5.41) is 0. The third kappa shape index (κ3) is 2.22. The van der Waals surface area contributed by atoms with E-state index in [1.165, 1.54) is 0 Å². The van der Waals surface area contributed by atoms with Crippen molar-refractivity contribution in [3.8, 4) is 16.9 Å². The quantitative estimate of drug-likeness (QED) is 0.709. The maximum atomic E-state index is 5.46. The summed E-state index contributed by atoms with van der Waals surface area (Å²) in [5.41, 5.74) is 2.29. The van der Waals surface area contributed by atoms with Crippen LogP contribution in [-0.4, -0.2) is 7.11 Å². The number of aryl methyl sites for hydroxylation is 2. The second-order valence-corrected chi connectivity index (χ2v) is 3.80. The molecule has 0 unspecified atom stereocenters. The fraction of sp³-hybridized carbons (Fsp3) is 0.214. The number of hydrogen-bond donors (Lipinski definition) is 0. The lowest BCUT2D eigenvalue weighted by atomic mass is 10.1. The molecule has 1 aromatic carbocycles. The molecule has 0 fully saturated rings. The molecule has 0 bridgehead atoms. The summed E-state index contributed by atoms with van der Waals surface area (Å²) in [6.45, 7) is 3.91. The molecule has 2 aromatic rings. The minimum atomic E-state index is 0.869. The molecule has 0 N–H and O–H groups in total. The van der Waals surface area contributed by atoms with Crippen molar-refractivity contribution < 1.29 is 9.15 Å². The monoisotopic (exact) mass is 215 g/mol. The van der Waals surface area contributed by atoms with Gasteiger partial charge in [-0.25, -0.2) is 4.42 Å². The van der Waals surface area contributed by atoms with Crippen LogP contribution in [-0.2, 0) is 0 Å². The zero-order valence-electron chi connectivity index (χ0n) is 9.78. The summed E-state index contributed by atoms with van der Waals surface area (Å²) in [4.78, 5) is 0. The molecule has 0 spiro atoms. The summed E-state index contributed by atoms with van der Waals surface area (Å²) >= 11 is 0. The van der Waals surface area contributed by atoms with E-state index in [1.54, 1.807) is 7.11 Å². The average molecular weight is 215 g/mol. The second kappa shape index (κ2) is 4.35. The number of rotatable bonds is 2. The van der Waals surface area contributed by atoms with E-state index in [-0.39, 0.29) is 0 Å². The van der Waals surface area contributed by atoms with Crippen LogP contribution in [0.15, 0.2) is 40.8 Å². The topological polar surface area (TPSA) is 20.5 Å². The van der Waals surface area contributed by atoms with Crippen LogP contribution >= 0.6 is 0 Å². The predicted octanol–water partition coefficient (Wildman–Crippen LogP) is 3.85. The Labute approximate surface area is 95.5 Å². The van der Waals surface area contributed by atoms with Gasteiger partial charge in [-0.1, -0.05) is 12.1 Å². The fourth-order valence-corrected chi connectivity index (χ4v) is 1.76. The minimum absolute atomic E-state index is 0.869. The Morgan fingerprint density at radius 3 is 2.25 bits per heavy atom. The van der Waals surface area contributed by atoms with Crippen LogP contribution in [0.25, 0.3) is 11.1 Å². The van der Waals surface area contributed by atoms with E-state index in [4.69, 9.17) is 9.15 Å². The predicted molar refractivity (Wildman–Crippen MR) is 64.6 cm³/mol. The molecular formula is C14H15O2+. The van der Waals surface area contributed by atoms with E-state index in [9.17, 15) is 0 Å². The van der Waals surface area contributed by atoms with Gasteiger partial charge in [-0.3, -0.25) is 0 Å². The van der Waals surface area contributed by atoms with Gasteiger partial charge in [-0.2, -0.15) is 0 Å². The minimum Gasteiger partial charge on any atom is -0.497 e. The van der Waals surface area contributed by atoms with Crippen molar-refractivity contribution in [1.29, 1.82) is 0 Å². The van der Waals surface area contributed by atoms with Crippen molar-refractivity contribution >= 4 is 0 Å². The van der Waals surface area contributed by atoms with Crippen LogP contribution in [0.1, 0.15) is 11.5 Å². The Hall–Kier alpha value is -1.83. The van der Waals surface area contributed by atoms with Crippen LogP contribution in [0.5, 0.6) is 5.75 Å². The molecule has 0 atom stereocenters. The van der Waals surface area contributed by atoms with Gasteiger partial charge in [-0.15, -0.1) is 0 Å². The van der Waals surface area contributed by atoms with Gasteiger partial charge in [-0.05, 0) is 23.3 Å². The molecule has 2 heteroatoms. The molecule has 2 rings (SSSR count). The third-order valence-electron chi connectivity index (χ3n) is 2.44. The number of ether oxygens (including phenoxy) is 1. The number of methoxy groups -OCH3 is 1. The van der Waals surface area contributed by atoms with Gasteiger partial charge < -0.3 is 4.74 Å². The van der Waals surface area contributed by atoms with Crippen LogP contribution in [0.4, 0.5) is 0 Å². The van der Waals surface area contributed by atoms with E-state index in [0.29, 0.717) is 0 Å². The molecule has 1 heterocycles. The van der Waals surface area contributed by atoms with Gasteiger partial charge >= 0.3 is 11.5 Å². The maximum Gasteiger partial charge on any atom is 0.327 e. The molecule has 1 aromatic heterocycles. The van der Waals surface area contributed by atoms with Crippen molar-refractivity contribution in [2.75, 3.05) is 7.11 Å². The zero-order chi connectivity index (χ0) is 11.5. The maximum absolute atomic E-state index is 5.46. The van der Waals surface area contributed by atoms with Crippen molar-refractivity contribution in [1.82, 2.24) is 0 Å². The van der Waals surface area contributed by atoms with Crippen LogP contribution in [0.2, 0.25) is 0 Å². The first kappa shape index (κ1) is 10.7. The van der Waals surface area contributed by atoms with E-state index in [0.717, 1.165) is 28.4 Å². The molecule has 0 amide bonds. The first-order chi connectivity index (χ1) is 7.69. The van der Waals surface area contributed by atoms with Gasteiger partial charge in [0.2, 0.25) is 0 Å². The summed E-state index contributed by atoms with van der Waals surface area (Å²) in [6, 6.07) is 12.1. The Bertz CT molecular complexity index is 484. The van der Waals surface area contributed by atoms with Gasteiger partial charge in [0.05, 0.1) is 21.0 Å². The van der Waals surface area contributed by atoms with Crippen LogP contribution in [0, 0.1) is 13.8 Å². The average Bonchev–Trinajstić information content (AvgIpc) is 2.28. The molecule has 0 aliphatic carbocycles. The highest BCUT2D eigenvalue weighted by Gasteiger charge is 2.09. The first-order valence-electron chi connectivity index (χ1n) is 5.25.